The Labute approximate surface area is 103 Å². The summed E-state index contributed by atoms with van der Waals surface area (Å²) < 4.78 is 16.7. The maximum Gasteiger partial charge on any atom is 0.343 e. The number of hydrogen-bond acceptors (Lipinski definition) is 6. The van der Waals surface area contributed by atoms with Crippen LogP contribution in [-0.4, -0.2) is 35.0 Å². The van der Waals surface area contributed by atoms with Crippen molar-refractivity contribution in [2.75, 3.05) is 24.8 Å². The Hall–Kier alpha value is -1.37. The minimum absolute atomic E-state index is 0.0844. The fraction of sp³-hybridized carbons (Fsp3) is 0.500. The van der Waals surface area contributed by atoms with Gasteiger partial charge in [0.25, 0.3) is 0 Å². The van der Waals surface area contributed by atoms with Gasteiger partial charge in [-0.25, -0.2) is 14.8 Å². The molecule has 0 amide bonds. The first kappa shape index (κ1) is 13.7. The number of anilines is 1. The van der Waals surface area contributed by atoms with Gasteiger partial charge in [0, 0.05) is 11.9 Å². The number of carbonyl (C=O) groups excluding carboxylic acids is 1. The zero-order valence-corrected chi connectivity index (χ0v) is 10.3. The molecule has 5 nitrogen and oxygen atoms in total. The van der Waals surface area contributed by atoms with E-state index in [4.69, 9.17) is 10.5 Å². The van der Waals surface area contributed by atoms with Crippen LogP contribution >= 0.6 is 11.8 Å². The van der Waals surface area contributed by atoms with E-state index in [1.165, 1.54) is 18.0 Å². The Morgan fingerprint density at radius 3 is 3.00 bits per heavy atom. The lowest BCUT2D eigenvalue weighted by Gasteiger charge is -2.05. The molecule has 0 saturated heterocycles. The molecule has 0 aliphatic carbocycles. The number of ether oxygens (including phenoxy) is 1. The molecule has 0 aliphatic rings. The van der Waals surface area contributed by atoms with Gasteiger partial charge in [0.15, 0.2) is 5.16 Å². The van der Waals surface area contributed by atoms with Crippen LogP contribution in [0.25, 0.3) is 0 Å². The first-order valence-electron chi connectivity index (χ1n) is 5.17. The topological polar surface area (TPSA) is 78.1 Å². The Bertz CT molecular complexity index is 390. The van der Waals surface area contributed by atoms with Gasteiger partial charge in [-0.2, -0.15) is 0 Å². The van der Waals surface area contributed by atoms with Gasteiger partial charge >= 0.3 is 5.97 Å². The second-order valence-corrected chi connectivity index (χ2v) is 4.13. The van der Waals surface area contributed by atoms with Gasteiger partial charge in [-0.3, -0.25) is 4.39 Å². The normalized spacial score (nSPS) is 10.2. The number of carbonyl (C=O) groups is 1. The third kappa shape index (κ3) is 4.18. The molecule has 1 aromatic rings. The van der Waals surface area contributed by atoms with Crippen LogP contribution in [0.4, 0.5) is 10.2 Å². The molecule has 0 aliphatic heterocycles. The van der Waals surface area contributed by atoms with Crippen LogP contribution in [0.1, 0.15) is 23.7 Å². The molecule has 0 bridgehead atoms. The zero-order valence-electron chi connectivity index (χ0n) is 9.48. The molecule has 7 heteroatoms. The van der Waals surface area contributed by atoms with Gasteiger partial charge in [-0.15, -0.1) is 0 Å². The number of nitrogens with zero attached hydrogens (tertiary/aromatic N) is 2. The van der Waals surface area contributed by atoms with E-state index < -0.39 is 5.97 Å². The van der Waals surface area contributed by atoms with Gasteiger partial charge in [-0.1, -0.05) is 11.8 Å². The van der Waals surface area contributed by atoms with Crippen molar-refractivity contribution in [2.45, 2.75) is 18.5 Å². The molecule has 0 saturated carbocycles. The van der Waals surface area contributed by atoms with Crippen molar-refractivity contribution >= 4 is 23.5 Å². The smallest absolute Gasteiger partial charge is 0.343 e. The van der Waals surface area contributed by atoms with Crippen LogP contribution in [0.5, 0.6) is 0 Å². The van der Waals surface area contributed by atoms with E-state index in [9.17, 15) is 9.18 Å². The standard InChI is InChI=1S/C10H14FN3O2S/c1-2-16-9(15)7-6-13-10(14-8(7)12)17-5-3-4-11/h6H,2-5H2,1H3,(H2,12,13,14). The number of halogens is 1. The highest BCUT2D eigenvalue weighted by Gasteiger charge is 2.13. The number of esters is 1. The lowest BCUT2D eigenvalue weighted by atomic mass is 10.3. The molecule has 0 atom stereocenters. The van der Waals surface area contributed by atoms with Crippen molar-refractivity contribution in [3.8, 4) is 0 Å². The van der Waals surface area contributed by atoms with Crippen LogP contribution in [-0.2, 0) is 4.74 Å². The summed E-state index contributed by atoms with van der Waals surface area (Å²) in [5.41, 5.74) is 5.77. The van der Waals surface area contributed by atoms with E-state index in [-0.39, 0.29) is 24.7 Å². The molecule has 1 rings (SSSR count). The highest BCUT2D eigenvalue weighted by atomic mass is 32.2. The number of alkyl halides is 1. The number of nitrogens with two attached hydrogens (primary N) is 1. The molecule has 0 spiro atoms. The van der Waals surface area contributed by atoms with E-state index in [0.717, 1.165) is 0 Å². The lowest BCUT2D eigenvalue weighted by molar-refractivity contribution is 0.0526. The van der Waals surface area contributed by atoms with Crippen LogP contribution < -0.4 is 5.73 Å². The summed E-state index contributed by atoms with van der Waals surface area (Å²) in [7, 11) is 0. The second kappa shape index (κ2) is 7.05. The molecular weight excluding hydrogens is 245 g/mol. The number of nitrogen functional groups attached to an aromatic ring is 1. The molecule has 0 fully saturated rings. The summed E-state index contributed by atoms with van der Waals surface area (Å²) in [5.74, 6) is 0.126. The molecular formula is C10H14FN3O2S. The van der Waals surface area contributed by atoms with Gasteiger partial charge in [0.1, 0.15) is 11.4 Å². The minimum atomic E-state index is -0.537. The van der Waals surface area contributed by atoms with Crippen LogP contribution in [0.3, 0.4) is 0 Å². The summed E-state index contributed by atoms with van der Waals surface area (Å²) in [6.45, 7) is 1.60. The molecule has 94 valence electrons. The Morgan fingerprint density at radius 2 is 2.41 bits per heavy atom. The first-order valence-corrected chi connectivity index (χ1v) is 6.16. The SMILES string of the molecule is CCOC(=O)c1cnc(SCCCF)nc1N. The number of aromatic nitrogens is 2. The van der Waals surface area contributed by atoms with Crippen molar-refractivity contribution in [2.24, 2.45) is 0 Å². The number of thioether (sulfide) groups is 1. The fourth-order valence-corrected chi connectivity index (χ4v) is 1.76. The molecule has 1 aromatic heterocycles. The summed E-state index contributed by atoms with van der Waals surface area (Å²) in [6.07, 6.45) is 1.77. The van der Waals surface area contributed by atoms with Crippen LogP contribution in [0, 0.1) is 0 Å². The third-order valence-corrected chi connectivity index (χ3v) is 2.75. The zero-order chi connectivity index (χ0) is 12.7. The largest absolute Gasteiger partial charge is 0.462 e. The van der Waals surface area contributed by atoms with Gasteiger partial charge < -0.3 is 10.5 Å². The van der Waals surface area contributed by atoms with Crippen molar-refractivity contribution in [3.05, 3.63) is 11.8 Å². The first-order chi connectivity index (χ1) is 8.19. The van der Waals surface area contributed by atoms with E-state index in [2.05, 4.69) is 9.97 Å². The quantitative estimate of drug-likeness (QED) is 0.362. The third-order valence-electron chi connectivity index (χ3n) is 1.80. The summed E-state index contributed by atoms with van der Waals surface area (Å²) in [4.78, 5) is 19.3. The summed E-state index contributed by atoms with van der Waals surface area (Å²) >= 11 is 1.30. The highest BCUT2D eigenvalue weighted by Crippen LogP contribution is 2.17. The second-order valence-electron chi connectivity index (χ2n) is 3.06. The van der Waals surface area contributed by atoms with E-state index in [1.807, 2.05) is 0 Å². The van der Waals surface area contributed by atoms with Gasteiger partial charge in [-0.05, 0) is 13.3 Å². The number of rotatable bonds is 6. The van der Waals surface area contributed by atoms with Crippen molar-refractivity contribution < 1.29 is 13.9 Å². The fourth-order valence-electron chi connectivity index (χ4n) is 1.03. The molecule has 0 unspecified atom stereocenters. The minimum Gasteiger partial charge on any atom is -0.462 e. The lowest BCUT2D eigenvalue weighted by Crippen LogP contribution is -2.10. The Kier molecular flexibility index (Phi) is 5.68. The van der Waals surface area contributed by atoms with E-state index >= 15 is 0 Å². The maximum absolute atomic E-state index is 11.9. The Balaban J connectivity index is 2.68. The van der Waals surface area contributed by atoms with Crippen molar-refractivity contribution in [3.63, 3.8) is 0 Å². The van der Waals surface area contributed by atoms with Gasteiger partial charge in [0.2, 0.25) is 0 Å². The maximum atomic E-state index is 11.9. The monoisotopic (exact) mass is 259 g/mol. The van der Waals surface area contributed by atoms with E-state index in [1.54, 1.807) is 6.92 Å². The predicted molar refractivity (Wildman–Crippen MR) is 63.7 cm³/mol. The average molecular weight is 259 g/mol. The van der Waals surface area contributed by atoms with Crippen molar-refractivity contribution in [1.82, 2.24) is 9.97 Å². The molecule has 1 heterocycles. The van der Waals surface area contributed by atoms with E-state index in [0.29, 0.717) is 17.3 Å². The average Bonchev–Trinajstić information content (AvgIpc) is 2.29. The van der Waals surface area contributed by atoms with Crippen LogP contribution in [0.2, 0.25) is 0 Å². The predicted octanol–water partition coefficient (Wildman–Crippen LogP) is 1.69. The van der Waals surface area contributed by atoms with Gasteiger partial charge in [0.05, 0.1) is 13.3 Å². The molecule has 2 N–H and O–H groups in total. The summed E-state index contributed by atoms with van der Waals surface area (Å²) in [6, 6.07) is 0. The Morgan fingerprint density at radius 1 is 1.65 bits per heavy atom. The molecule has 0 aromatic carbocycles. The molecule has 17 heavy (non-hydrogen) atoms. The summed E-state index contributed by atoms with van der Waals surface area (Å²) in [5, 5.41) is 0.434. The molecule has 0 radical (unpaired) electrons. The van der Waals surface area contributed by atoms with Crippen molar-refractivity contribution in [1.29, 1.82) is 0 Å². The highest BCUT2D eigenvalue weighted by molar-refractivity contribution is 7.99. The van der Waals surface area contributed by atoms with Crippen LogP contribution in [0.15, 0.2) is 11.4 Å². The number of hydrogen-bond donors (Lipinski definition) is 1.